The average Bonchev–Trinajstić information content (AvgIpc) is 3.20. The highest BCUT2D eigenvalue weighted by atomic mass is 19.4. The van der Waals surface area contributed by atoms with Crippen LogP contribution in [0, 0.1) is 11.6 Å². The first-order valence-corrected chi connectivity index (χ1v) is 9.93. The number of anilines is 1. The van der Waals surface area contributed by atoms with Crippen molar-refractivity contribution in [2.24, 2.45) is 0 Å². The molecule has 1 atom stereocenters. The topological polar surface area (TPSA) is 50.1 Å². The van der Waals surface area contributed by atoms with E-state index in [0.717, 1.165) is 12.1 Å². The zero-order chi connectivity index (χ0) is 25.6. The van der Waals surface area contributed by atoms with Gasteiger partial charge in [-0.2, -0.15) is 31.4 Å². The minimum Gasteiger partial charge on any atom is -0.379 e. The number of hydrogen-bond donors (Lipinski definition) is 2. The maximum absolute atomic E-state index is 14.0. The zero-order valence-corrected chi connectivity index (χ0v) is 17.4. The molecule has 0 aliphatic heterocycles. The van der Waals surface area contributed by atoms with Crippen LogP contribution in [0.5, 0.6) is 0 Å². The minimum absolute atomic E-state index is 0.194. The quantitative estimate of drug-likeness (QED) is 0.321. The molecule has 0 aliphatic carbocycles. The summed E-state index contributed by atoms with van der Waals surface area (Å²) in [5.74, 6) is -1.72. The van der Waals surface area contributed by atoms with Crippen molar-refractivity contribution in [1.29, 1.82) is 0 Å². The van der Waals surface area contributed by atoms with Gasteiger partial charge in [0, 0.05) is 5.39 Å². The number of fused-ring (bicyclic) bond motifs is 1. The number of aromatic nitrogens is 2. The second-order valence-electron chi connectivity index (χ2n) is 7.71. The summed E-state index contributed by atoms with van der Waals surface area (Å²) < 4.78 is 109. The lowest BCUT2D eigenvalue weighted by atomic mass is 9.91. The van der Waals surface area contributed by atoms with Crippen molar-refractivity contribution < 1.29 is 40.2 Å². The van der Waals surface area contributed by atoms with Crippen LogP contribution in [0.1, 0.15) is 11.1 Å². The minimum atomic E-state index is -5.28. The van der Waals surface area contributed by atoms with Crippen LogP contribution in [0.25, 0.3) is 16.6 Å². The lowest BCUT2D eigenvalue weighted by Crippen LogP contribution is -2.47. The molecule has 4 aromatic rings. The zero-order valence-electron chi connectivity index (χ0n) is 17.4. The highest BCUT2D eigenvalue weighted by molar-refractivity contribution is 5.81. The Balaban J connectivity index is 1.69. The number of rotatable bonds is 5. The molecular weight excluding hydrogens is 486 g/mol. The number of benzene rings is 3. The number of nitrogens with one attached hydrogen (secondary N) is 1. The van der Waals surface area contributed by atoms with Gasteiger partial charge in [-0.15, -0.1) is 0 Å². The summed E-state index contributed by atoms with van der Waals surface area (Å²) in [6.07, 6.45) is -8.89. The molecule has 12 heteroatoms. The highest BCUT2D eigenvalue weighted by Crippen LogP contribution is 2.41. The van der Waals surface area contributed by atoms with Crippen molar-refractivity contribution in [3.05, 3.63) is 89.6 Å². The number of aliphatic hydroxyl groups is 1. The largest absolute Gasteiger partial charge is 0.423 e. The van der Waals surface area contributed by atoms with E-state index in [9.17, 15) is 40.2 Å². The summed E-state index contributed by atoms with van der Waals surface area (Å²) in [6, 6.07) is 9.66. The fourth-order valence-corrected chi connectivity index (χ4v) is 3.50. The third-order valence-electron chi connectivity index (χ3n) is 5.41. The second kappa shape index (κ2) is 8.52. The molecular formula is C23H15F8N3O. The van der Waals surface area contributed by atoms with Gasteiger partial charge in [0.25, 0.3) is 0 Å². The lowest BCUT2D eigenvalue weighted by Gasteiger charge is -2.31. The van der Waals surface area contributed by atoms with Gasteiger partial charge in [0.05, 0.1) is 35.2 Å². The smallest absolute Gasteiger partial charge is 0.379 e. The van der Waals surface area contributed by atoms with E-state index in [1.54, 1.807) is 0 Å². The number of alkyl halides is 6. The Hall–Kier alpha value is -3.67. The van der Waals surface area contributed by atoms with Crippen molar-refractivity contribution in [2.75, 3.05) is 11.9 Å². The van der Waals surface area contributed by atoms with Gasteiger partial charge < -0.3 is 10.4 Å². The molecule has 0 saturated heterocycles. The van der Waals surface area contributed by atoms with Gasteiger partial charge in [-0.3, -0.25) is 0 Å². The fraction of sp³-hybridized carbons (Fsp3) is 0.174. The number of hydrogen-bond acceptors (Lipinski definition) is 3. The Morgan fingerprint density at radius 3 is 2.11 bits per heavy atom. The molecule has 0 aliphatic rings. The van der Waals surface area contributed by atoms with Crippen LogP contribution in [-0.2, 0) is 11.8 Å². The molecule has 0 fully saturated rings. The molecule has 1 unspecified atom stereocenters. The molecule has 184 valence electrons. The van der Waals surface area contributed by atoms with Crippen LogP contribution < -0.4 is 5.32 Å². The van der Waals surface area contributed by atoms with E-state index in [4.69, 9.17) is 0 Å². The molecule has 1 aromatic heterocycles. The third kappa shape index (κ3) is 4.65. The summed E-state index contributed by atoms with van der Waals surface area (Å²) >= 11 is 0. The van der Waals surface area contributed by atoms with Gasteiger partial charge in [0.2, 0.25) is 5.60 Å². The lowest BCUT2D eigenvalue weighted by molar-refractivity contribution is -0.260. The van der Waals surface area contributed by atoms with Crippen molar-refractivity contribution >= 4 is 16.6 Å². The van der Waals surface area contributed by atoms with Crippen LogP contribution in [0.15, 0.2) is 66.9 Å². The molecule has 0 amide bonds. The number of halogens is 8. The van der Waals surface area contributed by atoms with Crippen molar-refractivity contribution in [3.8, 4) is 5.69 Å². The summed E-state index contributed by atoms with van der Waals surface area (Å²) in [7, 11) is 0. The predicted molar refractivity (Wildman–Crippen MR) is 111 cm³/mol. The fourth-order valence-electron chi connectivity index (χ4n) is 3.50. The Kier molecular flexibility index (Phi) is 5.95. The van der Waals surface area contributed by atoms with E-state index in [1.807, 2.05) is 5.32 Å². The molecule has 1 heterocycles. The normalized spacial score (nSPS) is 14.2. The van der Waals surface area contributed by atoms with E-state index in [-0.39, 0.29) is 5.39 Å². The van der Waals surface area contributed by atoms with Crippen LogP contribution in [0.2, 0.25) is 0 Å². The summed E-state index contributed by atoms with van der Waals surface area (Å²) in [5, 5.41) is 16.8. The highest BCUT2D eigenvalue weighted by Gasteiger charge is 2.55. The first kappa shape index (κ1) is 24.5. The van der Waals surface area contributed by atoms with Gasteiger partial charge >= 0.3 is 12.4 Å². The Bertz CT molecular complexity index is 1360. The Labute approximate surface area is 192 Å². The van der Waals surface area contributed by atoms with E-state index in [1.165, 1.54) is 41.2 Å². The molecule has 4 nitrogen and oxygen atoms in total. The van der Waals surface area contributed by atoms with Crippen LogP contribution in [0.4, 0.5) is 40.8 Å². The van der Waals surface area contributed by atoms with E-state index in [2.05, 4.69) is 5.10 Å². The predicted octanol–water partition coefficient (Wildman–Crippen LogP) is 6.18. The maximum atomic E-state index is 14.0. The third-order valence-corrected chi connectivity index (χ3v) is 5.41. The number of nitrogens with zero attached hydrogens (tertiary/aromatic N) is 2. The van der Waals surface area contributed by atoms with Crippen molar-refractivity contribution in [3.63, 3.8) is 0 Å². The van der Waals surface area contributed by atoms with E-state index in [0.29, 0.717) is 29.4 Å². The molecule has 4 rings (SSSR count). The Morgan fingerprint density at radius 1 is 0.829 bits per heavy atom. The monoisotopic (exact) mass is 501 g/mol. The first-order chi connectivity index (χ1) is 16.3. The van der Waals surface area contributed by atoms with Gasteiger partial charge in [-0.25, -0.2) is 13.5 Å². The molecule has 2 N–H and O–H groups in total. The summed E-state index contributed by atoms with van der Waals surface area (Å²) in [4.78, 5) is 0. The van der Waals surface area contributed by atoms with Crippen LogP contribution in [-0.4, -0.2) is 27.6 Å². The van der Waals surface area contributed by atoms with Crippen molar-refractivity contribution in [2.45, 2.75) is 18.0 Å². The van der Waals surface area contributed by atoms with Gasteiger partial charge in [0.1, 0.15) is 11.6 Å². The first-order valence-electron chi connectivity index (χ1n) is 9.93. The SMILES string of the molecule is OC(CNc1cc(C(F)(F)F)ccc1F)(c1ccc2c(cnn2-c2ccc(F)cc2)c1)C(F)(F)F. The Morgan fingerprint density at radius 2 is 1.49 bits per heavy atom. The van der Waals surface area contributed by atoms with E-state index >= 15 is 0 Å². The van der Waals surface area contributed by atoms with E-state index < -0.39 is 52.9 Å². The average molecular weight is 501 g/mol. The van der Waals surface area contributed by atoms with Gasteiger partial charge in [-0.05, 0) is 60.2 Å². The molecule has 0 spiro atoms. The van der Waals surface area contributed by atoms with Crippen molar-refractivity contribution in [1.82, 2.24) is 9.78 Å². The standard InChI is InChI=1S/C23H15F8N3O/c24-16-3-5-17(6-4-16)34-20-8-2-14(9-13(20)11-33-34)21(35,23(29,30)31)12-32-19-10-15(22(26,27)28)1-7-18(19)25/h1-11,32,35H,12H2. The van der Waals surface area contributed by atoms with Crippen LogP contribution in [0.3, 0.4) is 0 Å². The summed E-state index contributed by atoms with van der Waals surface area (Å²) in [5.41, 5.74) is -5.57. The second-order valence-corrected chi connectivity index (χ2v) is 7.71. The van der Waals surface area contributed by atoms with Gasteiger partial charge in [-0.1, -0.05) is 6.07 Å². The maximum Gasteiger partial charge on any atom is 0.423 e. The van der Waals surface area contributed by atoms with Crippen LogP contribution >= 0.6 is 0 Å². The molecule has 3 aromatic carbocycles. The molecule has 0 bridgehead atoms. The molecule has 0 saturated carbocycles. The molecule has 0 radical (unpaired) electrons. The summed E-state index contributed by atoms with van der Waals surface area (Å²) in [6.45, 7) is -1.37. The van der Waals surface area contributed by atoms with Gasteiger partial charge in [0.15, 0.2) is 0 Å². The molecule has 35 heavy (non-hydrogen) atoms.